The molecule has 1 N–H and O–H groups in total. The number of aromatic nitrogens is 2. The molecule has 0 aliphatic carbocycles. The van der Waals surface area contributed by atoms with Crippen molar-refractivity contribution in [3.05, 3.63) is 150 Å². The quantitative estimate of drug-likeness (QED) is 0.170. The van der Waals surface area contributed by atoms with Crippen molar-refractivity contribution >= 4 is 11.1 Å². The number of rotatable bonds is 6. The molecule has 7 rings (SSSR count). The first-order valence-electron chi connectivity index (χ1n) is 16.8. The van der Waals surface area contributed by atoms with Crippen molar-refractivity contribution < 1.29 is 30.6 Å². The largest absolute Gasteiger partial charge is 0.507 e. The van der Waals surface area contributed by atoms with Crippen LogP contribution in [0.25, 0.3) is 56.1 Å². The molecule has 0 fully saturated rings. The molecule has 0 spiro atoms. The van der Waals surface area contributed by atoms with Crippen molar-refractivity contribution in [3.8, 4) is 50.7 Å². The smallest absolute Gasteiger partial charge is 0.230 e. The number of aromatic hydroxyl groups is 1. The fourth-order valence-corrected chi connectivity index (χ4v) is 6.27. The number of phenols is 1. The normalized spacial score (nSPS) is 11.8. The van der Waals surface area contributed by atoms with Crippen LogP contribution in [0.2, 0.25) is 0 Å². The van der Waals surface area contributed by atoms with Crippen LogP contribution in [0.1, 0.15) is 63.8 Å². The standard InChI is InChI=1S/C45H41N2O2.Pt/c1-44(2,3)35-27-37(42(48)38(28-35)45(4,5)6)43-47-41-36(16-11-17-40(41)49-43)33-14-10-15-34(26-33)39-25-30(22-23-46-39)24-29-18-20-32(21-19-29)31-12-8-7-9-13-31;/h7-23,25,27-28,48H,24H2,1-6H3;/q-1;. The average molecular weight is 837 g/mol. The molecule has 0 atom stereocenters. The van der Waals surface area contributed by atoms with Crippen LogP contribution in [0.15, 0.2) is 126 Å². The van der Waals surface area contributed by atoms with Gasteiger partial charge in [-0.25, -0.2) is 4.98 Å². The predicted octanol–water partition coefficient (Wildman–Crippen LogP) is 11.6. The van der Waals surface area contributed by atoms with E-state index in [0.29, 0.717) is 17.0 Å². The fraction of sp³-hybridized carbons (Fsp3) is 0.200. The zero-order valence-corrected chi connectivity index (χ0v) is 31.6. The number of hydrogen-bond acceptors (Lipinski definition) is 4. The SMILES string of the molecule is CC(C)(C)c1cc(-c2nc3c(-c4[c-]c(-c5cc(Cc6ccc(-c7ccccc7)cc6)ccn5)ccc4)cccc3o2)c(O)c(C(C)(C)C)c1.[Pt]. The molecule has 0 saturated heterocycles. The molecule has 4 nitrogen and oxygen atoms in total. The molecule has 0 amide bonds. The first kappa shape index (κ1) is 35.0. The summed E-state index contributed by atoms with van der Waals surface area (Å²) < 4.78 is 6.35. The third-order valence-electron chi connectivity index (χ3n) is 9.09. The summed E-state index contributed by atoms with van der Waals surface area (Å²) in [6, 6.07) is 43.2. The summed E-state index contributed by atoms with van der Waals surface area (Å²) in [5.74, 6) is 0.610. The van der Waals surface area contributed by atoms with E-state index in [9.17, 15) is 5.11 Å². The number of phenolic OH excluding ortho intramolecular Hbond substituents is 1. The van der Waals surface area contributed by atoms with Crippen molar-refractivity contribution in [2.24, 2.45) is 0 Å². The van der Waals surface area contributed by atoms with Gasteiger partial charge in [0.15, 0.2) is 0 Å². The number of nitrogens with zero attached hydrogens (tertiary/aromatic N) is 2. The molecular formula is C45H41N2O2Pt-. The molecule has 0 aliphatic rings. The molecule has 0 saturated carbocycles. The van der Waals surface area contributed by atoms with E-state index in [0.717, 1.165) is 45.4 Å². The molecule has 5 aromatic carbocycles. The number of oxazole rings is 1. The molecule has 2 aromatic heterocycles. The van der Waals surface area contributed by atoms with Gasteiger partial charge in [-0.3, -0.25) is 4.98 Å². The van der Waals surface area contributed by atoms with Crippen LogP contribution in [0.4, 0.5) is 0 Å². The maximum absolute atomic E-state index is 11.5. The van der Waals surface area contributed by atoms with Gasteiger partial charge in [0.2, 0.25) is 5.89 Å². The Hall–Kier alpha value is -4.79. The number of fused-ring (bicyclic) bond motifs is 1. The monoisotopic (exact) mass is 836 g/mol. The number of para-hydroxylation sites is 1. The number of hydrogen-bond donors (Lipinski definition) is 1. The predicted molar refractivity (Wildman–Crippen MR) is 201 cm³/mol. The van der Waals surface area contributed by atoms with Crippen LogP contribution in [0, 0.1) is 6.07 Å². The van der Waals surface area contributed by atoms with Gasteiger partial charge in [-0.2, -0.15) is 0 Å². The number of benzene rings is 5. The van der Waals surface area contributed by atoms with Crippen molar-refractivity contribution in [1.29, 1.82) is 0 Å². The van der Waals surface area contributed by atoms with Crippen molar-refractivity contribution in [2.45, 2.75) is 58.8 Å². The number of pyridine rings is 1. The van der Waals surface area contributed by atoms with E-state index < -0.39 is 0 Å². The van der Waals surface area contributed by atoms with Crippen LogP contribution in [-0.2, 0) is 38.3 Å². The Morgan fingerprint density at radius 2 is 1.36 bits per heavy atom. The summed E-state index contributed by atoms with van der Waals surface area (Å²) in [6.07, 6.45) is 2.68. The topological polar surface area (TPSA) is 59.2 Å². The van der Waals surface area contributed by atoms with Gasteiger partial charge in [0, 0.05) is 38.5 Å². The van der Waals surface area contributed by atoms with Gasteiger partial charge in [-0.05, 0) is 63.3 Å². The summed E-state index contributed by atoms with van der Waals surface area (Å²) >= 11 is 0. The molecule has 7 aromatic rings. The molecular weight excluding hydrogens is 796 g/mol. The summed E-state index contributed by atoms with van der Waals surface area (Å²) in [5.41, 5.74) is 12.0. The van der Waals surface area contributed by atoms with Crippen molar-refractivity contribution in [1.82, 2.24) is 9.97 Å². The third-order valence-corrected chi connectivity index (χ3v) is 9.09. The Morgan fingerprint density at radius 1 is 0.660 bits per heavy atom. The van der Waals surface area contributed by atoms with E-state index >= 15 is 0 Å². The Labute approximate surface area is 309 Å². The molecule has 0 aliphatic heterocycles. The summed E-state index contributed by atoms with van der Waals surface area (Å²) in [6.45, 7) is 12.9. The molecule has 254 valence electrons. The van der Waals surface area contributed by atoms with Gasteiger partial charge in [0.1, 0.15) is 11.3 Å². The van der Waals surface area contributed by atoms with Crippen molar-refractivity contribution in [2.75, 3.05) is 0 Å². The zero-order chi connectivity index (χ0) is 34.3. The van der Waals surface area contributed by atoms with Crippen molar-refractivity contribution in [3.63, 3.8) is 0 Å². The fourth-order valence-electron chi connectivity index (χ4n) is 6.27. The van der Waals surface area contributed by atoms with Gasteiger partial charge in [-0.15, -0.1) is 29.8 Å². The minimum atomic E-state index is -0.259. The second-order valence-corrected chi connectivity index (χ2v) is 14.9. The Morgan fingerprint density at radius 3 is 2.08 bits per heavy atom. The van der Waals surface area contributed by atoms with E-state index in [1.165, 1.54) is 22.3 Å². The first-order chi connectivity index (χ1) is 23.4. The first-order valence-corrected chi connectivity index (χ1v) is 16.8. The van der Waals surface area contributed by atoms with Crippen LogP contribution < -0.4 is 0 Å². The molecule has 0 radical (unpaired) electrons. The van der Waals surface area contributed by atoms with Gasteiger partial charge in [0.05, 0.1) is 11.1 Å². The van der Waals surface area contributed by atoms with Gasteiger partial charge < -0.3 is 9.52 Å². The molecule has 5 heteroatoms. The molecule has 0 bridgehead atoms. The van der Waals surface area contributed by atoms with E-state index in [1.54, 1.807) is 0 Å². The summed E-state index contributed by atoms with van der Waals surface area (Å²) in [5, 5.41) is 11.5. The summed E-state index contributed by atoms with van der Waals surface area (Å²) in [7, 11) is 0. The van der Waals surface area contributed by atoms with Crippen LogP contribution in [0.5, 0.6) is 5.75 Å². The van der Waals surface area contributed by atoms with E-state index in [4.69, 9.17) is 14.4 Å². The van der Waals surface area contributed by atoms with Gasteiger partial charge in [0.25, 0.3) is 0 Å². The summed E-state index contributed by atoms with van der Waals surface area (Å²) in [4.78, 5) is 9.71. The Balaban J connectivity index is 0.00000432. The van der Waals surface area contributed by atoms with Gasteiger partial charge in [-0.1, -0.05) is 132 Å². The third kappa shape index (κ3) is 7.23. The average Bonchev–Trinajstić information content (AvgIpc) is 3.53. The minimum Gasteiger partial charge on any atom is -0.507 e. The van der Waals surface area contributed by atoms with E-state index in [-0.39, 0.29) is 37.6 Å². The second-order valence-electron chi connectivity index (χ2n) is 14.9. The second kappa shape index (κ2) is 13.8. The molecule has 0 unspecified atom stereocenters. The van der Waals surface area contributed by atoms with E-state index in [1.807, 2.05) is 54.7 Å². The van der Waals surface area contributed by atoms with E-state index in [2.05, 4.69) is 114 Å². The van der Waals surface area contributed by atoms with Crippen LogP contribution in [-0.4, -0.2) is 15.1 Å². The minimum absolute atomic E-state index is 0. The van der Waals surface area contributed by atoms with Gasteiger partial charge >= 0.3 is 0 Å². The zero-order valence-electron chi connectivity index (χ0n) is 29.3. The maximum atomic E-state index is 11.5. The Bertz CT molecular complexity index is 2270. The maximum Gasteiger partial charge on any atom is 0.230 e. The van der Waals surface area contributed by atoms with Crippen LogP contribution >= 0.6 is 0 Å². The Kier molecular flexibility index (Phi) is 9.71. The van der Waals surface area contributed by atoms with Crippen LogP contribution in [0.3, 0.4) is 0 Å². The molecule has 2 heterocycles. The molecule has 50 heavy (non-hydrogen) atoms.